The zero-order valence-electron chi connectivity index (χ0n) is 15.2. The number of carboxylic acids is 1. The molecule has 7 nitrogen and oxygen atoms in total. The fourth-order valence-electron chi connectivity index (χ4n) is 3.57. The predicted molar refractivity (Wildman–Crippen MR) is 96.3 cm³/mol. The number of aryl methyl sites for hydroxylation is 1. The molecule has 1 aliphatic rings. The van der Waals surface area contributed by atoms with Crippen LogP contribution in [0.5, 0.6) is 0 Å². The Morgan fingerprint density at radius 1 is 1.23 bits per heavy atom. The lowest BCUT2D eigenvalue weighted by Crippen LogP contribution is -2.44. The standard InChI is InChI=1S/C19H24N4O3/c1-13-7-6-8-15(11-13)23-14(2)16(21-22-23)17(24)20-12-19(18(25)26)9-4-3-5-10-19/h6-8,11H,3-5,9-10,12H2,1-2H3,(H,20,24)(H,25,26). The van der Waals surface area contributed by atoms with E-state index in [9.17, 15) is 14.7 Å². The van der Waals surface area contributed by atoms with Gasteiger partial charge in [-0.25, -0.2) is 4.68 Å². The Balaban J connectivity index is 1.75. The highest BCUT2D eigenvalue weighted by molar-refractivity contribution is 5.93. The van der Waals surface area contributed by atoms with Crippen LogP contribution in [-0.2, 0) is 4.79 Å². The van der Waals surface area contributed by atoms with E-state index >= 15 is 0 Å². The maximum atomic E-state index is 12.6. The van der Waals surface area contributed by atoms with Gasteiger partial charge >= 0.3 is 5.97 Å². The third-order valence-corrected chi connectivity index (χ3v) is 5.21. The summed E-state index contributed by atoms with van der Waals surface area (Å²) in [5.74, 6) is -1.22. The van der Waals surface area contributed by atoms with Crippen LogP contribution in [0.1, 0.15) is 53.8 Å². The van der Waals surface area contributed by atoms with Crippen molar-refractivity contribution in [2.75, 3.05) is 6.54 Å². The third-order valence-electron chi connectivity index (χ3n) is 5.21. The first-order valence-corrected chi connectivity index (χ1v) is 8.94. The van der Waals surface area contributed by atoms with E-state index in [2.05, 4.69) is 15.6 Å². The summed E-state index contributed by atoms with van der Waals surface area (Å²) < 4.78 is 1.62. The van der Waals surface area contributed by atoms with Crippen molar-refractivity contribution in [1.82, 2.24) is 20.3 Å². The monoisotopic (exact) mass is 356 g/mol. The van der Waals surface area contributed by atoms with Crippen LogP contribution >= 0.6 is 0 Å². The largest absolute Gasteiger partial charge is 0.481 e. The number of carboxylic acid groups (broad SMARTS) is 1. The summed E-state index contributed by atoms with van der Waals surface area (Å²) in [7, 11) is 0. The topological polar surface area (TPSA) is 97.1 Å². The van der Waals surface area contributed by atoms with Crippen LogP contribution in [0.3, 0.4) is 0 Å². The van der Waals surface area contributed by atoms with Gasteiger partial charge in [-0.1, -0.05) is 36.6 Å². The average Bonchev–Trinajstić information content (AvgIpc) is 3.02. The SMILES string of the molecule is Cc1cccc(-n2nnc(C(=O)NCC3(C(=O)O)CCCCC3)c2C)c1. The van der Waals surface area contributed by atoms with Gasteiger partial charge in [-0.2, -0.15) is 0 Å². The molecule has 0 unspecified atom stereocenters. The van der Waals surface area contributed by atoms with Gasteiger partial charge in [0, 0.05) is 6.54 Å². The molecular formula is C19H24N4O3. The quantitative estimate of drug-likeness (QED) is 0.858. The lowest BCUT2D eigenvalue weighted by Gasteiger charge is -2.33. The summed E-state index contributed by atoms with van der Waals surface area (Å²) >= 11 is 0. The van der Waals surface area contributed by atoms with Crippen LogP contribution in [0.15, 0.2) is 24.3 Å². The Morgan fingerprint density at radius 3 is 2.62 bits per heavy atom. The Labute approximate surface area is 152 Å². The van der Waals surface area contributed by atoms with Crippen molar-refractivity contribution in [2.24, 2.45) is 5.41 Å². The molecule has 1 aromatic heterocycles. The minimum Gasteiger partial charge on any atom is -0.481 e. The van der Waals surface area contributed by atoms with Gasteiger partial charge in [0.1, 0.15) is 0 Å². The van der Waals surface area contributed by atoms with Crippen LogP contribution in [0, 0.1) is 19.3 Å². The highest BCUT2D eigenvalue weighted by Crippen LogP contribution is 2.36. The molecule has 1 fully saturated rings. The second-order valence-corrected chi connectivity index (χ2v) is 7.10. The van der Waals surface area contributed by atoms with E-state index in [-0.39, 0.29) is 18.1 Å². The van der Waals surface area contributed by atoms with Crippen LogP contribution < -0.4 is 5.32 Å². The lowest BCUT2D eigenvalue weighted by atomic mass is 9.74. The van der Waals surface area contributed by atoms with Gasteiger partial charge < -0.3 is 10.4 Å². The van der Waals surface area contributed by atoms with Gasteiger partial charge in [0.2, 0.25) is 0 Å². The molecule has 1 amide bonds. The number of carbonyl (C=O) groups excluding carboxylic acids is 1. The van der Waals surface area contributed by atoms with Crippen molar-refractivity contribution in [3.63, 3.8) is 0 Å². The van der Waals surface area contributed by atoms with Crippen molar-refractivity contribution in [3.8, 4) is 5.69 Å². The summed E-state index contributed by atoms with van der Waals surface area (Å²) in [5.41, 5.74) is 1.91. The molecule has 3 rings (SSSR count). The van der Waals surface area contributed by atoms with E-state index < -0.39 is 11.4 Å². The van der Waals surface area contributed by atoms with Crippen molar-refractivity contribution in [2.45, 2.75) is 46.0 Å². The molecule has 26 heavy (non-hydrogen) atoms. The smallest absolute Gasteiger partial charge is 0.311 e. The fraction of sp³-hybridized carbons (Fsp3) is 0.474. The van der Waals surface area contributed by atoms with Gasteiger partial charge in [-0.15, -0.1) is 5.10 Å². The molecule has 1 heterocycles. The summed E-state index contributed by atoms with van der Waals surface area (Å²) in [6.07, 6.45) is 4.00. The van der Waals surface area contributed by atoms with E-state index in [1.807, 2.05) is 31.2 Å². The molecule has 1 aromatic carbocycles. The van der Waals surface area contributed by atoms with Gasteiger partial charge in [0.15, 0.2) is 5.69 Å². The van der Waals surface area contributed by atoms with Crippen LogP contribution in [0.25, 0.3) is 5.69 Å². The van der Waals surface area contributed by atoms with Gasteiger partial charge in [-0.3, -0.25) is 9.59 Å². The molecule has 2 N–H and O–H groups in total. The molecule has 0 aliphatic heterocycles. The first-order valence-electron chi connectivity index (χ1n) is 8.94. The van der Waals surface area contributed by atoms with E-state index in [0.717, 1.165) is 30.5 Å². The van der Waals surface area contributed by atoms with Crippen molar-refractivity contribution >= 4 is 11.9 Å². The van der Waals surface area contributed by atoms with Gasteiger partial charge in [0.25, 0.3) is 5.91 Å². The highest BCUT2D eigenvalue weighted by atomic mass is 16.4. The second kappa shape index (κ2) is 7.27. The number of aromatic nitrogens is 3. The van der Waals surface area contributed by atoms with Gasteiger partial charge in [-0.05, 0) is 44.4 Å². The summed E-state index contributed by atoms with van der Waals surface area (Å²) in [5, 5.41) is 20.5. The molecule has 138 valence electrons. The van der Waals surface area contributed by atoms with Crippen molar-refractivity contribution in [1.29, 1.82) is 0 Å². The molecule has 7 heteroatoms. The fourth-order valence-corrected chi connectivity index (χ4v) is 3.57. The number of hydrogen-bond donors (Lipinski definition) is 2. The number of hydrogen-bond acceptors (Lipinski definition) is 4. The maximum absolute atomic E-state index is 12.6. The number of nitrogens with one attached hydrogen (secondary N) is 1. The highest BCUT2D eigenvalue weighted by Gasteiger charge is 2.40. The first kappa shape index (κ1) is 18.1. The van der Waals surface area contributed by atoms with Crippen LogP contribution in [0.2, 0.25) is 0 Å². The van der Waals surface area contributed by atoms with E-state index in [0.29, 0.717) is 18.5 Å². The van der Waals surface area contributed by atoms with Crippen LogP contribution in [-0.4, -0.2) is 38.5 Å². The normalized spacial score (nSPS) is 16.2. The number of aliphatic carboxylic acids is 1. The Hall–Kier alpha value is -2.70. The molecular weight excluding hydrogens is 332 g/mol. The van der Waals surface area contributed by atoms with Crippen molar-refractivity contribution < 1.29 is 14.7 Å². The Kier molecular flexibility index (Phi) is 5.06. The Bertz CT molecular complexity index is 822. The van der Waals surface area contributed by atoms with Crippen molar-refractivity contribution in [3.05, 3.63) is 41.2 Å². The summed E-state index contributed by atoms with van der Waals surface area (Å²) in [6, 6.07) is 7.77. The van der Waals surface area contributed by atoms with Crippen LogP contribution in [0.4, 0.5) is 0 Å². The average molecular weight is 356 g/mol. The molecule has 1 saturated carbocycles. The minimum absolute atomic E-state index is 0.123. The minimum atomic E-state index is -0.867. The number of carbonyl (C=O) groups is 2. The molecule has 0 radical (unpaired) electrons. The van der Waals surface area contributed by atoms with E-state index in [1.54, 1.807) is 11.6 Å². The Morgan fingerprint density at radius 2 is 1.96 bits per heavy atom. The number of nitrogens with zero attached hydrogens (tertiary/aromatic N) is 3. The maximum Gasteiger partial charge on any atom is 0.311 e. The number of rotatable bonds is 5. The predicted octanol–water partition coefficient (Wildman–Crippen LogP) is 2.65. The first-order chi connectivity index (χ1) is 12.4. The molecule has 0 saturated heterocycles. The van der Waals surface area contributed by atoms with Gasteiger partial charge in [0.05, 0.1) is 16.8 Å². The third kappa shape index (κ3) is 3.47. The lowest BCUT2D eigenvalue weighted by molar-refractivity contribution is -0.150. The molecule has 0 bridgehead atoms. The van der Waals surface area contributed by atoms with E-state index in [1.165, 1.54) is 0 Å². The molecule has 2 aromatic rings. The molecule has 0 atom stereocenters. The summed E-state index contributed by atoms with van der Waals surface area (Å²) in [6.45, 7) is 3.89. The molecule has 0 spiro atoms. The number of amides is 1. The second-order valence-electron chi connectivity index (χ2n) is 7.10. The zero-order chi connectivity index (χ0) is 18.7. The summed E-state index contributed by atoms with van der Waals surface area (Å²) in [4.78, 5) is 24.3. The van der Waals surface area contributed by atoms with E-state index in [4.69, 9.17) is 0 Å². The molecule has 1 aliphatic carbocycles. The number of benzene rings is 1. The zero-order valence-corrected chi connectivity index (χ0v) is 15.2.